The van der Waals surface area contributed by atoms with Crippen LogP contribution in [0.5, 0.6) is 0 Å². The summed E-state index contributed by atoms with van der Waals surface area (Å²) in [5.41, 5.74) is 1.95. The van der Waals surface area contributed by atoms with Crippen LogP contribution in [0.15, 0.2) is 60.7 Å². The molecule has 0 aliphatic carbocycles. The second-order valence-corrected chi connectivity index (χ2v) is 5.87. The van der Waals surface area contributed by atoms with Crippen LogP contribution in [0.3, 0.4) is 0 Å². The van der Waals surface area contributed by atoms with Gasteiger partial charge in [0.1, 0.15) is 0 Å². The number of hydrogen-bond donors (Lipinski definition) is 0. The summed E-state index contributed by atoms with van der Waals surface area (Å²) in [7, 11) is 0. The number of carbonyl (C=O) groups is 1. The van der Waals surface area contributed by atoms with Gasteiger partial charge in [0.25, 0.3) is 5.91 Å². The van der Waals surface area contributed by atoms with Crippen molar-refractivity contribution in [2.45, 2.75) is 39.3 Å². The summed E-state index contributed by atoms with van der Waals surface area (Å²) in [6.45, 7) is 6.25. The summed E-state index contributed by atoms with van der Waals surface area (Å²) < 4.78 is 0. The minimum Gasteiger partial charge on any atom is -0.333 e. The molecule has 0 saturated heterocycles. The fourth-order valence-corrected chi connectivity index (χ4v) is 2.68. The number of carbonyl (C=O) groups excluding carboxylic acids is 1. The van der Waals surface area contributed by atoms with Crippen LogP contribution in [0.4, 0.5) is 0 Å². The Balaban J connectivity index is 2.05. The number of benzene rings is 2. The van der Waals surface area contributed by atoms with Gasteiger partial charge in [0.05, 0.1) is 0 Å². The van der Waals surface area contributed by atoms with Gasteiger partial charge in [-0.05, 0) is 51.3 Å². The molecule has 0 saturated carbocycles. The van der Waals surface area contributed by atoms with Crippen molar-refractivity contribution in [1.82, 2.24) is 4.90 Å². The van der Waals surface area contributed by atoms with Crippen LogP contribution in [0.1, 0.15) is 43.1 Å². The first-order valence-corrected chi connectivity index (χ1v) is 7.85. The molecule has 0 aromatic heterocycles. The number of amides is 1. The van der Waals surface area contributed by atoms with Crippen molar-refractivity contribution in [3.8, 4) is 0 Å². The Hall–Kier alpha value is -2.09. The lowest BCUT2D eigenvalue weighted by atomic mass is 10.0. The molecule has 2 rings (SSSR count). The molecule has 1 amide bonds. The maximum absolute atomic E-state index is 12.8. The standard InChI is InChI=1S/C20H24NO/c1-16(2)21(20(22)19-12-8-5-9-13-19)17(3)14-15-18-10-6-4-7-11-18/h4-13,15-17H,14H2,1-3H3. The largest absolute Gasteiger partial charge is 0.333 e. The van der Waals surface area contributed by atoms with E-state index in [1.807, 2.05) is 53.4 Å². The van der Waals surface area contributed by atoms with Crippen molar-refractivity contribution in [2.75, 3.05) is 0 Å². The van der Waals surface area contributed by atoms with Crippen molar-refractivity contribution in [1.29, 1.82) is 0 Å². The molecule has 0 spiro atoms. The van der Waals surface area contributed by atoms with E-state index in [0.717, 1.165) is 12.0 Å². The Bertz CT molecular complexity index is 577. The van der Waals surface area contributed by atoms with E-state index < -0.39 is 0 Å². The van der Waals surface area contributed by atoms with Gasteiger partial charge in [-0.2, -0.15) is 0 Å². The molecule has 22 heavy (non-hydrogen) atoms. The Kier molecular flexibility index (Phi) is 5.76. The van der Waals surface area contributed by atoms with Gasteiger partial charge in [-0.25, -0.2) is 0 Å². The van der Waals surface area contributed by atoms with E-state index in [1.54, 1.807) is 0 Å². The lowest BCUT2D eigenvalue weighted by Gasteiger charge is -2.33. The van der Waals surface area contributed by atoms with Crippen LogP contribution in [-0.4, -0.2) is 22.9 Å². The SMILES string of the molecule is CC(C)N(C(=O)c1ccccc1)C(C)C[CH]c1ccccc1. The lowest BCUT2D eigenvalue weighted by molar-refractivity contribution is 0.0626. The van der Waals surface area contributed by atoms with Crippen molar-refractivity contribution in [3.05, 3.63) is 78.2 Å². The van der Waals surface area contributed by atoms with E-state index >= 15 is 0 Å². The average Bonchev–Trinajstić information content (AvgIpc) is 2.54. The zero-order valence-corrected chi connectivity index (χ0v) is 13.6. The minimum absolute atomic E-state index is 0.101. The van der Waals surface area contributed by atoms with Crippen molar-refractivity contribution in [3.63, 3.8) is 0 Å². The molecule has 0 heterocycles. The summed E-state index contributed by atoms with van der Waals surface area (Å²) in [5, 5.41) is 0. The van der Waals surface area contributed by atoms with Gasteiger partial charge in [0.2, 0.25) is 0 Å². The molecule has 2 aromatic rings. The summed E-state index contributed by atoms with van der Waals surface area (Å²) in [6.07, 6.45) is 3.04. The van der Waals surface area contributed by atoms with Gasteiger partial charge in [0, 0.05) is 17.6 Å². The van der Waals surface area contributed by atoms with Gasteiger partial charge in [-0.3, -0.25) is 4.79 Å². The summed E-state index contributed by atoms with van der Waals surface area (Å²) in [6, 6.07) is 20.1. The average molecular weight is 294 g/mol. The Morgan fingerprint density at radius 3 is 2.05 bits per heavy atom. The Morgan fingerprint density at radius 2 is 1.50 bits per heavy atom. The van der Waals surface area contributed by atoms with E-state index in [0.29, 0.717) is 0 Å². The van der Waals surface area contributed by atoms with Crippen molar-refractivity contribution >= 4 is 5.91 Å². The van der Waals surface area contributed by atoms with E-state index in [2.05, 4.69) is 39.3 Å². The summed E-state index contributed by atoms with van der Waals surface area (Å²) in [5.74, 6) is 0.101. The van der Waals surface area contributed by atoms with Crippen LogP contribution in [0.2, 0.25) is 0 Å². The van der Waals surface area contributed by atoms with Crippen LogP contribution in [-0.2, 0) is 0 Å². The molecule has 0 aliphatic rings. The monoisotopic (exact) mass is 294 g/mol. The van der Waals surface area contributed by atoms with E-state index in [4.69, 9.17) is 0 Å². The fourth-order valence-electron chi connectivity index (χ4n) is 2.68. The second kappa shape index (κ2) is 7.79. The van der Waals surface area contributed by atoms with Crippen LogP contribution in [0.25, 0.3) is 0 Å². The highest BCUT2D eigenvalue weighted by molar-refractivity contribution is 5.94. The third-order valence-corrected chi connectivity index (χ3v) is 3.78. The molecular weight excluding hydrogens is 270 g/mol. The normalized spacial score (nSPS) is 12.2. The zero-order valence-electron chi connectivity index (χ0n) is 13.6. The van der Waals surface area contributed by atoms with Gasteiger partial charge in [-0.15, -0.1) is 0 Å². The topological polar surface area (TPSA) is 20.3 Å². The third kappa shape index (κ3) is 4.20. The van der Waals surface area contributed by atoms with Gasteiger partial charge in [-0.1, -0.05) is 48.5 Å². The van der Waals surface area contributed by atoms with Crippen LogP contribution < -0.4 is 0 Å². The maximum atomic E-state index is 12.8. The summed E-state index contributed by atoms with van der Waals surface area (Å²) >= 11 is 0. The van der Waals surface area contributed by atoms with Crippen LogP contribution >= 0.6 is 0 Å². The third-order valence-electron chi connectivity index (χ3n) is 3.78. The predicted molar refractivity (Wildman–Crippen MR) is 91.7 cm³/mol. The number of nitrogens with zero attached hydrogens (tertiary/aromatic N) is 1. The highest BCUT2D eigenvalue weighted by atomic mass is 16.2. The van der Waals surface area contributed by atoms with Crippen molar-refractivity contribution in [2.24, 2.45) is 0 Å². The molecule has 2 nitrogen and oxygen atoms in total. The molecule has 1 unspecified atom stereocenters. The molecule has 0 bridgehead atoms. The zero-order chi connectivity index (χ0) is 15.9. The molecule has 2 aromatic carbocycles. The first-order valence-electron chi connectivity index (χ1n) is 7.85. The van der Waals surface area contributed by atoms with E-state index in [9.17, 15) is 4.79 Å². The molecule has 0 N–H and O–H groups in total. The fraction of sp³-hybridized carbons (Fsp3) is 0.300. The number of hydrogen-bond acceptors (Lipinski definition) is 1. The molecular formula is C20H24NO. The predicted octanol–water partition coefficient (Wildman–Crippen LogP) is 4.57. The van der Waals surface area contributed by atoms with E-state index in [-0.39, 0.29) is 18.0 Å². The molecule has 0 fully saturated rings. The number of rotatable bonds is 6. The van der Waals surface area contributed by atoms with Crippen LogP contribution in [0, 0.1) is 6.42 Å². The minimum atomic E-state index is 0.101. The highest BCUT2D eigenvalue weighted by Crippen LogP contribution is 2.17. The Labute approximate surface area is 133 Å². The van der Waals surface area contributed by atoms with Crippen molar-refractivity contribution < 1.29 is 4.79 Å². The molecule has 1 radical (unpaired) electrons. The smallest absolute Gasteiger partial charge is 0.254 e. The quantitative estimate of drug-likeness (QED) is 0.764. The van der Waals surface area contributed by atoms with Gasteiger partial charge >= 0.3 is 0 Å². The second-order valence-electron chi connectivity index (χ2n) is 5.87. The highest BCUT2D eigenvalue weighted by Gasteiger charge is 2.23. The maximum Gasteiger partial charge on any atom is 0.254 e. The Morgan fingerprint density at radius 1 is 0.955 bits per heavy atom. The molecule has 1 atom stereocenters. The summed E-state index contributed by atoms with van der Waals surface area (Å²) in [4.78, 5) is 14.7. The molecule has 115 valence electrons. The lowest BCUT2D eigenvalue weighted by Crippen LogP contribution is -2.43. The van der Waals surface area contributed by atoms with E-state index in [1.165, 1.54) is 5.56 Å². The molecule has 0 aliphatic heterocycles. The van der Waals surface area contributed by atoms with Gasteiger partial charge < -0.3 is 4.90 Å². The first kappa shape index (κ1) is 16.3. The van der Waals surface area contributed by atoms with Gasteiger partial charge in [0.15, 0.2) is 0 Å². The first-order chi connectivity index (χ1) is 10.6. The molecule has 2 heteroatoms.